The molecule has 0 bridgehead atoms. The Bertz CT molecular complexity index is 1070. The average Bonchev–Trinajstić information content (AvgIpc) is 3.44. The molecule has 1 fully saturated rings. The van der Waals surface area contributed by atoms with Crippen LogP contribution in [0.25, 0.3) is 0 Å². The van der Waals surface area contributed by atoms with Gasteiger partial charge in [0.2, 0.25) is 11.9 Å². The van der Waals surface area contributed by atoms with Gasteiger partial charge >= 0.3 is 0 Å². The molecule has 1 saturated heterocycles. The Kier molecular flexibility index (Phi) is 6.94. The summed E-state index contributed by atoms with van der Waals surface area (Å²) in [6, 6.07) is 10.7. The van der Waals surface area contributed by atoms with E-state index in [0.29, 0.717) is 28.9 Å². The molecule has 4 rings (SSSR count). The van der Waals surface area contributed by atoms with Crippen LogP contribution in [0, 0.1) is 5.92 Å². The number of nitrogens with zero attached hydrogens (tertiary/aromatic N) is 4. The molecule has 9 heteroatoms. The number of hydrogen-bond acceptors (Lipinski definition) is 7. The Hall–Kier alpha value is -3.07. The summed E-state index contributed by atoms with van der Waals surface area (Å²) in [7, 11) is 0. The van der Waals surface area contributed by atoms with Crippen LogP contribution in [0.5, 0.6) is 0 Å². The number of benzene rings is 1. The number of carbonyl (C=O) groups excluding carboxylic acids is 2. The standard InChI is InChI=1S/C23H27N5O3S/c1-16-8-10-27(11-9-16)22-25-26-23(28(22)14-20-7-4-12-31-20)32-15-21(30)24-19-6-3-5-18(13-19)17(2)29/h3-7,12-13,16H,8-11,14-15H2,1-2H3,(H,24,30). The monoisotopic (exact) mass is 453 g/mol. The number of amides is 1. The zero-order valence-electron chi connectivity index (χ0n) is 18.3. The summed E-state index contributed by atoms with van der Waals surface area (Å²) < 4.78 is 7.56. The smallest absolute Gasteiger partial charge is 0.234 e. The third-order valence-electron chi connectivity index (χ3n) is 5.54. The first-order valence-corrected chi connectivity index (χ1v) is 11.7. The van der Waals surface area contributed by atoms with Gasteiger partial charge in [-0.05, 0) is 49.9 Å². The predicted octanol–water partition coefficient (Wildman–Crippen LogP) is 4.09. The number of nitrogens with one attached hydrogen (secondary N) is 1. The number of thioether (sulfide) groups is 1. The van der Waals surface area contributed by atoms with Crippen molar-refractivity contribution in [1.29, 1.82) is 0 Å². The Morgan fingerprint density at radius 1 is 1.19 bits per heavy atom. The van der Waals surface area contributed by atoms with Crippen molar-refractivity contribution < 1.29 is 14.0 Å². The van der Waals surface area contributed by atoms with E-state index >= 15 is 0 Å². The maximum atomic E-state index is 12.5. The molecule has 1 aromatic carbocycles. The van der Waals surface area contributed by atoms with Gasteiger partial charge in [0.1, 0.15) is 5.76 Å². The van der Waals surface area contributed by atoms with Crippen molar-refractivity contribution in [2.75, 3.05) is 29.1 Å². The van der Waals surface area contributed by atoms with Crippen LogP contribution in [-0.4, -0.2) is 45.3 Å². The van der Waals surface area contributed by atoms with Gasteiger partial charge in [0.25, 0.3) is 0 Å². The first kappa shape index (κ1) is 22.1. The van der Waals surface area contributed by atoms with Gasteiger partial charge in [0.05, 0.1) is 18.6 Å². The Labute approximate surface area is 191 Å². The van der Waals surface area contributed by atoms with Gasteiger partial charge in [0.15, 0.2) is 10.9 Å². The number of piperidine rings is 1. The summed E-state index contributed by atoms with van der Waals surface area (Å²) in [6.45, 7) is 6.16. The number of ketones is 1. The lowest BCUT2D eigenvalue weighted by Crippen LogP contribution is -2.35. The summed E-state index contributed by atoms with van der Waals surface area (Å²) in [4.78, 5) is 26.4. The molecule has 168 valence electrons. The minimum absolute atomic E-state index is 0.0406. The van der Waals surface area contributed by atoms with Crippen LogP contribution in [0.4, 0.5) is 11.6 Å². The molecule has 1 aliphatic heterocycles. The summed E-state index contributed by atoms with van der Waals surface area (Å²) in [5, 5.41) is 12.3. The van der Waals surface area contributed by atoms with E-state index in [-0.39, 0.29) is 17.4 Å². The molecule has 0 radical (unpaired) electrons. The largest absolute Gasteiger partial charge is 0.467 e. The molecular formula is C23H27N5O3S. The van der Waals surface area contributed by atoms with Crippen molar-refractivity contribution >= 4 is 35.1 Å². The van der Waals surface area contributed by atoms with E-state index in [4.69, 9.17) is 4.42 Å². The lowest BCUT2D eigenvalue weighted by molar-refractivity contribution is -0.113. The second-order valence-electron chi connectivity index (χ2n) is 8.09. The van der Waals surface area contributed by atoms with Crippen LogP contribution in [0.15, 0.2) is 52.2 Å². The maximum Gasteiger partial charge on any atom is 0.234 e. The summed E-state index contributed by atoms with van der Waals surface area (Å²) >= 11 is 1.33. The highest BCUT2D eigenvalue weighted by molar-refractivity contribution is 7.99. The molecule has 1 N–H and O–H groups in total. The van der Waals surface area contributed by atoms with Crippen LogP contribution in [0.1, 0.15) is 42.8 Å². The van der Waals surface area contributed by atoms with E-state index in [2.05, 4.69) is 27.3 Å². The van der Waals surface area contributed by atoms with Gasteiger partial charge in [-0.3, -0.25) is 14.2 Å². The van der Waals surface area contributed by atoms with Crippen molar-refractivity contribution in [2.24, 2.45) is 5.92 Å². The zero-order chi connectivity index (χ0) is 22.5. The fraction of sp³-hybridized carbons (Fsp3) is 0.391. The highest BCUT2D eigenvalue weighted by Gasteiger charge is 2.23. The van der Waals surface area contributed by atoms with Gasteiger partial charge < -0.3 is 14.6 Å². The van der Waals surface area contributed by atoms with Crippen molar-refractivity contribution in [2.45, 2.75) is 38.4 Å². The van der Waals surface area contributed by atoms with Crippen LogP contribution >= 0.6 is 11.8 Å². The SMILES string of the molecule is CC(=O)c1cccc(NC(=O)CSc2nnc(N3CCC(C)CC3)n2Cc2ccco2)c1. The number of anilines is 2. The lowest BCUT2D eigenvalue weighted by Gasteiger charge is -2.31. The summed E-state index contributed by atoms with van der Waals surface area (Å²) in [5.74, 6) is 2.30. The van der Waals surface area contributed by atoms with E-state index in [0.717, 1.165) is 37.6 Å². The molecule has 0 aliphatic carbocycles. The molecular weight excluding hydrogens is 426 g/mol. The topological polar surface area (TPSA) is 93.3 Å². The molecule has 3 aromatic rings. The van der Waals surface area contributed by atoms with E-state index in [1.807, 2.05) is 16.7 Å². The van der Waals surface area contributed by atoms with Crippen molar-refractivity contribution in [3.63, 3.8) is 0 Å². The normalized spacial score (nSPS) is 14.5. The number of Topliss-reactive ketones (excluding diaryl/α,β-unsaturated/α-hetero) is 1. The number of hydrogen-bond donors (Lipinski definition) is 1. The minimum atomic E-state index is -0.170. The molecule has 3 heterocycles. The van der Waals surface area contributed by atoms with E-state index in [1.165, 1.54) is 18.7 Å². The molecule has 8 nitrogen and oxygen atoms in total. The van der Waals surface area contributed by atoms with Gasteiger partial charge in [-0.15, -0.1) is 10.2 Å². The summed E-state index contributed by atoms with van der Waals surface area (Å²) in [5.41, 5.74) is 1.16. The molecule has 0 saturated carbocycles. The van der Waals surface area contributed by atoms with Crippen LogP contribution < -0.4 is 10.2 Å². The van der Waals surface area contributed by atoms with Gasteiger partial charge in [-0.25, -0.2) is 0 Å². The van der Waals surface area contributed by atoms with Gasteiger partial charge in [0, 0.05) is 24.3 Å². The van der Waals surface area contributed by atoms with Crippen LogP contribution in [0.3, 0.4) is 0 Å². The van der Waals surface area contributed by atoms with Gasteiger partial charge in [-0.1, -0.05) is 30.8 Å². The average molecular weight is 454 g/mol. The second kappa shape index (κ2) is 10.0. The van der Waals surface area contributed by atoms with Crippen molar-refractivity contribution in [3.05, 3.63) is 54.0 Å². The Morgan fingerprint density at radius 3 is 2.72 bits per heavy atom. The third kappa shape index (κ3) is 5.40. The highest BCUT2D eigenvalue weighted by Crippen LogP contribution is 2.27. The molecule has 0 atom stereocenters. The molecule has 0 unspecified atom stereocenters. The maximum absolute atomic E-state index is 12.5. The zero-order valence-corrected chi connectivity index (χ0v) is 19.1. The summed E-state index contributed by atoms with van der Waals surface area (Å²) in [6.07, 6.45) is 3.90. The second-order valence-corrected chi connectivity index (χ2v) is 9.03. The first-order valence-electron chi connectivity index (χ1n) is 10.7. The van der Waals surface area contributed by atoms with Crippen LogP contribution in [-0.2, 0) is 11.3 Å². The van der Waals surface area contributed by atoms with E-state index in [9.17, 15) is 9.59 Å². The molecule has 0 spiro atoms. The van der Waals surface area contributed by atoms with Crippen molar-refractivity contribution in [3.8, 4) is 0 Å². The molecule has 1 aliphatic rings. The minimum Gasteiger partial charge on any atom is -0.467 e. The van der Waals surface area contributed by atoms with E-state index < -0.39 is 0 Å². The molecule has 2 aromatic heterocycles. The quantitative estimate of drug-likeness (QED) is 0.406. The molecule has 1 amide bonds. The number of rotatable bonds is 8. The first-order chi connectivity index (χ1) is 15.5. The van der Waals surface area contributed by atoms with Gasteiger partial charge in [-0.2, -0.15) is 0 Å². The lowest BCUT2D eigenvalue weighted by atomic mass is 10.00. The number of carbonyl (C=O) groups is 2. The van der Waals surface area contributed by atoms with Crippen molar-refractivity contribution in [1.82, 2.24) is 14.8 Å². The Balaban J connectivity index is 1.46. The fourth-order valence-corrected chi connectivity index (χ4v) is 4.40. The third-order valence-corrected chi connectivity index (χ3v) is 6.51. The predicted molar refractivity (Wildman–Crippen MR) is 124 cm³/mol. The number of furan rings is 1. The highest BCUT2D eigenvalue weighted by atomic mass is 32.2. The number of aromatic nitrogens is 3. The molecule has 32 heavy (non-hydrogen) atoms. The Morgan fingerprint density at radius 2 is 2.00 bits per heavy atom. The van der Waals surface area contributed by atoms with Crippen LogP contribution in [0.2, 0.25) is 0 Å². The fourth-order valence-electron chi connectivity index (χ4n) is 3.67. The van der Waals surface area contributed by atoms with E-state index in [1.54, 1.807) is 30.5 Å².